The van der Waals surface area contributed by atoms with Crippen molar-refractivity contribution in [2.24, 2.45) is 0 Å². The Morgan fingerprint density at radius 1 is 1.36 bits per heavy atom. The van der Waals surface area contributed by atoms with E-state index >= 15 is 0 Å². The standard InChI is InChI=1S/C11H9BrClN/c1-7-4-8(6-13)10-5-9(12)2-3-11(10)14-7/h2-5H,6H2,1H3. The second-order valence-electron chi connectivity index (χ2n) is 3.22. The number of aryl methyl sites for hydroxylation is 1. The van der Waals surface area contributed by atoms with E-state index in [4.69, 9.17) is 11.6 Å². The molecule has 2 rings (SSSR count). The van der Waals surface area contributed by atoms with E-state index in [0.29, 0.717) is 5.88 Å². The van der Waals surface area contributed by atoms with E-state index in [1.807, 2.05) is 25.1 Å². The third-order valence-corrected chi connectivity index (χ3v) is 2.91. The van der Waals surface area contributed by atoms with Gasteiger partial charge in [0.25, 0.3) is 0 Å². The summed E-state index contributed by atoms with van der Waals surface area (Å²) in [6.07, 6.45) is 0. The average molecular weight is 271 g/mol. The van der Waals surface area contributed by atoms with E-state index in [-0.39, 0.29) is 0 Å². The summed E-state index contributed by atoms with van der Waals surface area (Å²) in [6.45, 7) is 1.98. The average Bonchev–Trinajstić information content (AvgIpc) is 2.17. The Hall–Kier alpha value is -0.600. The van der Waals surface area contributed by atoms with Gasteiger partial charge in [-0.2, -0.15) is 0 Å². The van der Waals surface area contributed by atoms with Crippen molar-refractivity contribution in [1.29, 1.82) is 0 Å². The molecule has 3 heteroatoms. The molecule has 0 unspecified atom stereocenters. The molecular weight excluding hydrogens is 261 g/mol. The number of hydrogen-bond donors (Lipinski definition) is 0. The summed E-state index contributed by atoms with van der Waals surface area (Å²) in [5.41, 5.74) is 3.15. The fourth-order valence-corrected chi connectivity index (χ4v) is 2.11. The van der Waals surface area contributed by atoms with Crippen molar-refractivity contribution >= 4 is 38.4 Å². The molecule has 1 aromatic heterocycles. The van der Waals surface area contributed by atoms with Crippen LogP contribution in [0.15, 0.2) is 28.7 Å². The molecule has 0 atom stereocenters. The lowest BCUT2D eigenvalue weighted by atomic mass is 10.1. The van der Waals surface area contributed by atoms with Crippen LogP contribution in [-0.2, 0) is 5.88 Å². The van der Waals surface area contributed by atoms with E-state index in [1.54, 1.807) is 0 Å². The number of rotatable bonds is 1. The summed E-state index contributed by atoms with van der Waals surface area (Å²) in [6, 6.07) is 8.08. The van der Waals surface area contributed by atoms with E-state index in [2.05, 4.69) is 27.0 Å². The van der Waals surface area contributed by atoms with Crippen molar-refractivity contribution < 1.29 is 0 Å². The molecule has 14 heavy (non-hydrogen) atoms. The quantitative estimate of drug-likeness (QED) is 0.713. The van der Waals surface area contributed by atoms with Gasteiger partial charge in [-0.05, 0) is 36.8 Å². The molecule has 2 aromatic rings. The molecule has 1 heterocycles. The smallest absolute Gasteiger partial charge is 0.0709 e. The molecule has 0 bridgehead atoms. The summed E-state index contributed by atoms with van der Waals surface area (Å²) in [5, 5.41) is 1.12. The number of halogens is 2. The van der Waals surface area contributed by atoms with Gasteiger partial charge in [-0.15, -0.1) is 11.6 Å². The van der Waals surface area contributed by atoms with Gasteiger partial charge in [-0.1, -0.05) is 15.9 Å². The predicted molar refractivity (Wildman–Crippen MR) is 63.7 cm³/mol. The highest BCUT2D eigenvalue weighted by atomic mass is 79.9. The van der Waals surface area contributed by atoms with Crippen LogP contribution >= 0.6 is 27.5 Å². The Kier molecular flexibility index (Phi) is 2.75. The molecule has 0 aliphatic heterocycles. The molecule has 0 saturated heterocycles. The number of fused-ring (bicyclic) bond motifs is 1. The molecule has 1 nitrogen and oxygen atoms in total. The van der Waals surface area contributed by atoms with Crippen LogP contribution in [0.4, 0.5) is 0 Å². The SMILES string of the molecule is Cc1cc(CCl)c2cc(Br)ccc2n1. The second kappa shape index (κ2) is 3.87. The van der Waals surface area contributed by atoms with Gasteiger partial charge in [0.1, 0.15) is 0 Å². The lowest BCUT2D eigenvalue weighted by Crippen LogP contribution is -1.89. The summed E-state index contributed by atoms with van der Waals surface area (Å²) < 4.78 is 1.06. The first-order valence-corrected chi connectivity index (χ1v) is 5.65. The number of alkyl halides is 1. The van der Waals surface area contributed by atoms with Crippen molar-refractivity contribution in [3.05, 3.63) is 40.0 Å². The van der Waals surface area contributed by atoms with Crippen molar-refractivity contribution in [3.8, 4) is 0 Å². The van der Waals surface area contributed by atoms with Crippen molar-refractivity contribution in [1.82, 2.24) is 4.98 Å². The van der Waals surface area contributed by atoms with Gasteiger partial charge in [0.2, 0.25) is 0 Å². The van der Waals surface area contributed by atoms with E-state index < -0.39 is 0 Å². The zero-order valence-electron chi connectivity index (χ0n) is 7.72. The molecule has 0 saturated carbocycles. The van der Waals surface area contributed by atoms with E-state index in [1.165, 1.54) is 0 Å². The molecule has 0 fully saturated rings. The van der Waals surface area contributed by atoms with Gasteiger partial charge in [0.05, 0.1) is 5.52 Å². The molecule has 0 radical (unpaired) electrons. The van der Waals surface area contributed by atoms with Crippen molar-refractivity contribution in [2.75, 3.05) is 0 Å². The number of benzene rings is 1. The third-order valence-electron chi connectivity index (χ3n) is 2.13. The highest BCUT2D eigenvalue weighted by Gasteiger charge is 2.03. The summed E-state index contributed by atoms with van der Waals surface area (Å²) in [4.78, 5) is 4.45. The van der Waals surface area contributed by atoms with Crippen LogP contribution in [0.25, 0.3) is 10.9 Å². The van der Waals surface area contributed by atoms with Gasteiger partial charge in [0.15, 0.2) is 0 Å². The zero-order chi connectivity index (χ0) is 10.1. The zero-order valence-corrected chi connectivity index (χ0v) is 10.1. The van der Waals surface area contributed by atoms with E-state index in [0.717, 1.165) is 26.6 Å². The largest absolute Gasteiger partial charge is 0.253 e. The number of aromatic nitrogens is 1. The summed E-state index contributed by atoms with van der Waals surface area (Å²) in [5.74, 6) is 0.524. The minimum atomic E-state index is 0.524. The maximum absolute atomic E-state index is 5.89. The molecule has 0 aliphatic carbocycles. The third kappa shape index (κ3) is 1.77. The Balaban J connectivity index is 2.81. The maximum Gasteiger partial charge on any atom is 0.0709 e. The van der Waals surface area contributed by atoms with Gasteiger partial charge < -0.3 is 0 Å². The van der Waals surface area contributed by atoms with Gasteiger partial charge in [0, 0.05) is 21.4 Å². The molecular formula is C11H9BrClN. The lowest BCUT2D eigenvalue weighted by molar-refractivity contribution is 1.22. The fraction of sp³-hybridized carbons (Fsp3) is 0.182. The number of nitrogens with zero attached hydrogens (tertiary/aromatic N) is 1. The summed E-state index contributed by atoms with van der Waals surface area (Å²) >= 11 is 9.33. The molecule has 1 aromatic carbocycles. The minimum Gasteiger partial charge on any atom is -0.253 e. The monoisotopic (exact) mass is 269 g/mol. The minimum absolute atomic E-state index is 0.524. The van der Waals surface area contributed by atoms with Crippen molar-refractivity contribution in [3.63, 3.8) is 0 Å². The first-order valence-electron chi connectivity index (χ1n) is 4.32. The Morgan fingerprint density at radius 3 is 2.86 bits per heavy atom. The number of hydrogen-bond acceptors (Lipinski definition) is 1. The topological polar surface area (TPSA) is 12.9 Å². The Bertz CT molecular complexity index is 482. The number of pyridine rings is 1. The molecule has 72 valence electrons. The van der Waals surface area contributed by atoms with Gasteiger partial charge >= 0.3 is 0 Å². The van der Waals surface area contributed by atoms with Crippen LogP contribution in [-0.4, -0.2) is 4.98 Å². The molecule has 0 amide bonds. The van der Waals surface area contributed by atoms with Crippen LogP contribution < -0.4 is 0 Å². The first-order chi connectivity index (χ1) is 6.70. The fourth-order valence-electron chi connectivity index (χ4n) is 1.53. The highest BCUT2D eigenvalue weighted by molar-refractivity contribution is 9.10. The lowest BCUT2D eigenvalue weighted by Gasteiger charge is -2.05. The van der Waals surface area contributed by atoms with Crippen LogP contribution in [0, 0.1) is 6.92 Å². The van der Waals surface area contributed by atoms with Crippen molar-refractivity contribution in [2.45, 2.75) is 12.8 Å². The van der Waals surface area contributed by atoms with Crippen LogP contribution in [0.5, 0.6) is 0 Å². The van der Waals surface area contributed by atoms with E-state index in [9.17, 15) is 0 Å². The molecule has 0 spiro atoms. The van der Waals surface area contributed by atoms with Gasteiger partial charge in [-0.3, -0.25) is 4.98 Å². The second-order valence-corrected chi connectivity index (χ2v) is 4.40. The molecule has 0 aliphatic rings. The Morgan fingerprint density at radius 2 is 2.14 bits per heavy atom. The Labute approximate surface area is 96.2 Å². The van der Waals surface area contributed by atoms with Crippen LogP contribution in [0.1, 0.15) is 11.3 Å². The van der Waals surface area contributed by atoms with Crippen LogP contribution in [0.2, 0.25) is 0 Å². The molecule has 0 N–H and O–H groups in total. The maximum atomic E-state index is 5.89. The normalized spacial score (nSPS) is 10.8. The van der Waals surface area contributed by atoms with Gasteiger partial charge in [-0.25, -0.2) is 0 Å². The summed E-state index contributed by atoms with van der Waals surface area (Å²) in [7, 11) is 0. The first kappa shape index (κ1) is 9.94. The predicted octanol–water partition coefficient (Wildman–Crippen LogP) is 4.04. The van der Waals surface area contributed by atoms with Crippen LogP contribution in [0.3, 0.4) is 0 Å². The highest BCUT2D eigenvalue weighted by Crippen LogP contribution is 2.23.